The molecular weight excluding hydrogens is 246 g/mol. The Morgan fingerprint density at radius 3 is 2.22 bits per heavy atom. The number of ketones is 1. The van der Waals surface area contributed by atoms with Gasteiger partial charge in [0.15, 0.2) is 5.78 Å². The molecule has 2 rings (SSSR count). The van der Waals surface area contributed by atoms with Gasteiger partial charge in [0.05, 0.1) is 5.02 Å². The topological polar surface area (TPSA) is 43.1 Å². The van der Waals surface area contributed by atoms with Gasteiger partial charge in [-0.2, -0.15) is 0 Å². The number of aryl methyl sites for hydroxylation is 2. The third kappa shape index (κ3) is 2.54. The summed E-state index contributed by atoms with van der Waals surface area (Å²) in [6.45, 7) is 3.93. The van der Waals surface area contributed by atoms with Crippen LogP contribution in [0.5, 0.6) is 0 Å². The quantitative estimate of drug-likeness (QED) is 0.659. The molecular formula is C15H14ClNO. The van der Waals surface area contributed by atoms with E-state index in [4.69, 9.17) is 17.3 Å². The first kappa shape index (κ1) is 12.7. The lowest BCUT2D eigenvalue weighted by atomic mass is 9.99. The summed E-state index contributed by atoms with van der Waals surface area (Å²) in [6.07, 6.45) is 0. The summed E-state index contributed by atoms with van der Waals surface area (Å²) in [5.41, 5.74) is 9.43. The molecule has 0 saturated carbocycles. The van der Waals surface area contributed by atoms with Gasteiger partial charge in [-0.05, 0) is 44.2 Å². The van der Waals surface area contributed by atoms with Gasteiger partial charge >= 0.3 is 0 Å². The molecule has 0 spiro atoms. The van der Waals surface area contributed by atoms with Crippen molar-refractivity contribution < 1.29 is 4.79 Å². The average Bonchev–Trinajstić information content (AvgIpc) is 2.26. The Morgan fingerprint density at radius 2 is 1.67 bits per heavy atom. The van der Waals surface area contributed by atoms with E-state index in [1.165, 1.54) is 0 Å². The van der Waals surface area contributed by atoms with E-state index in [0.29, 0.717) is 21.8 Å². The third-order valence-corrected chi connectivity index (χ3v) is 3.03. The first-order valence-corrected chi connectivity index (χ1v) is 6.03. The number of hydrogen-bond donors (Lipinski definition) is 1. The van der Waals surface area contributed by atoms with Crippen LogP contribution in [0.25, 0.3) is 0 Å². The van der Waals surface area contributed by atoms with Crippen LogP contribution < -0.4 is 5.73 Å². The van der Waals surface area contributed by atoms with Crippen molar-refractivity contribution in [3.05, 3.63) is 63.7 Å². The van der Waals surface area contributed by atoms with Crippen LogP contribution in [0.4, 0.5) is 5.69 Å². The van der Waals surface area contributed by atoms with Crippen LogP contribution in [0, 0.1) is 13.8 Å². The molecule has 2 nitrogen and oxygen atoms in total. The number of nitrogens with two attached hydrogens (primary N) is 1. The van der Waals surface area contributed by atoms with Crippen LogP contribution >= 0.6 is 11.6 Å². The Labute approximate surface area is 111 Å². The van der Waals surface area contributed by atoms with E-state index in [2.05, 4.69) is 0 Å². The lowest BCUT2D eigenvalue weighted by Gasteiger charge is -2.06. The smallest absolute Gasteiger partial charge is 0.194 e. The summed E-state index contributed by atoms with van der Waals surface area (Å²) >= 11 is 6.05. The Hall–Kier alpha value is -1.80. The van der Waals surface area contributed by atoms with Crippen LogP contribution in [-0.4, -0.2) is 5.78 Å². The molecule has 92 valence electrons. The van der Waals surface area contributed by atoms with Gasteiger partial charge in [-0.3, -0.25) is 4.79 Å². The highest BCUT2D eigenvalue weighted by Crippen LogP contribution is 2.23. The SMILES string of the molecule is Cc1cc(C)cc(C(=O)c2ccc(N)cc2Cl)c1. The summed E-state index contributed by atoms with van der Waals surface area (Å²) in [5.74, 6) is -0.0770. The van der Waals surface area contributed by atoms with E-state index in [9.17, 15) is 4.79 Å². The predicted molar refractivity (Wildman–Crippen MR) is 75.2 cm³/mol. The van der Waals surface area contributed by atoms with Crippen molar-refractivity contribution in [1.29, 1.82) is 0 Å². The normalized spacial score (nSPS) is 10.4. The Morgan fingerprint density at radius 1 is 1.06 bits per heavy atom. The zero-order chi connectivity index (χ0) is 13.3. The van der Waals surface area contributed by atoms with Crippen LogP contribution in [0.15, 0.2) is 36.4 Å². The molecule has 0 aliphatic carbocycles. The van der Waals surface area contributed by atoms with Crippen molar-refractivity contribution in [1.82, 2.24) is 0 Å². The highest BCUT2D eigenvalue weighted by molar-refractivity contribution is 6.35. The molecule has 3 heteroatoms. The fraction of sp³-hybridized carbons (Fsp3) is 0.133. The summed E-state index contributed by atoms with van der Waals surface area (Å²) in [7, 11) is 0. The zero-order valence-electron chi connectivity index (χ0n) is 10.3. The minimum absolute atomic E-state index is 0.0770. The highest BCUT2D eigenvalue weighted by atomic mass is 35.5. The van der Waals surface area contributed by atoms with Crippen LogP contribution in [0.3, 0.4) is 0 Å². The lowest BCUT2D eigenvalue weighted by Crippen LogP contribution is -2.03. The maximum absolute atomic E-state index is 12.4. The van der Waals surface area contributed by atoms with Crippen molar-refractivity contribution in [2.45, 2.75) is 13.8 Å². The molecule has 0 aliphatic rings. The molecule has 18 heavy (non-hydrogen) atoms. The maximum Gasteiger partial charge on any atom is 0.194 e. The van der Waals surface area contributed by atoms with Gasteiger partial charge in [-0.25, -0.2) is 0 Å². The molecule has 0 fully saturated rings. The van der Waals surface area contributed by atoms with Gasteiger partial charge in [-0.15, -0.1) is 0 Å². The van der Waals surface area contributed by atoms with E-state index >= 15 is 0 Å². The van der Waals surface area contributed by atoms with Gasteiger partial charge < -0.3 is 5.73 Å². The van der Waals surface area contributed by atoms with E-state index in [0.717, 1.165) is 11.1 Å². The molecule has 0 radical (unpaired) electrons. The van der Waals surface area contributed by atoms with Crippen molar-refractivity contribution in [3.63, 3.8) is 0 Å². The molecule has 0 unspecified atom stereocenters. The first-order chi connectivity index (χ1) is 8.47. The van der Waals surface area contributed by atoms with Crippen LogP contribution in [0.1, 0.15) is 27.0 Å². The van der Waals surface area contributed by atoms with Crippen molar-refractivity contribution >= 4 is 23.1 Å². The number of rotatable bonds is 2. The molecule has 0 atom stereocenters. The molecule has 0 heterocycles. The third-order valence-electron chi connectivity index (χ3n) is 2.72. The molecule has 0 aromatic heterocycles. The summed E-state index contributed by atoms with van der Waals surface area (Å²) in [4.78, 5) is 12.4. The second kappa shape index (κ2) is 4.83. The summed E-state index contributed by atoms with van der Waals surface area (Å²) in [5, 5.41) is 0.388. The van der Waals surface area contributed by atoms with Crippen molar-refractivity contribution in [2.24, 2.45) is 0 Å². The Kier molecular flexibility index (Phi) is 3.39. The first-order valence-electron chi connectivity index (χ1n) is 5.65. The van der Waals surface area contributed by atoms with Crippen LogP contribution in [0.2, 0.25) is 5.02 Å². The predicted octanol–water partition coefficient (Wildman–Crippen LogP) is 3.77. The largest absolute Gasteiger partial charge is 0.399 e. The number of anilines is 1. The molecule has 2 aromatic rings. The Balaban J connectivity index is 2.47. The van der Waals surface area contributed by atoms with Gasteiger partial charge in [0.25, 0.3) is 0 Å². The number of carbonyl (C=O) groups excluding carboxylic acids is 1. The van der Waals surface area contributed by atoms with Gasteiger partial charge in [-0.1, -0.05) is 28.8 Å². The monoisotopic (exact) mass is 259 g/mol. The Bertz CT molecular complexity index is 600. The number of benzene rings is 2. The van der Waals surface area contributed by atoms with Gasteiger partial charge in [0, 0.05) is 16.8 Å². The molecule has 0 saturated heterocycles. The molecule has 0 aliphatic heterocycles. The number of halogens is 1. The minimum atomic E-state index is -0.0770. The van der Waals surface area contributed by atoms with E-state index < -0.39 is 0 Å². The van der Waals surface area contributed by atoms with Gasteiger partial charge in [0.1, 0.15) is 0 Å². The fourth-order valence-electron chi connectivity index (χ4n) is 1.98. The minimum Gasteiger partial charge on any atom is -0.399 e. The molecule has 2 aromatic carbocycles. The number of carbonyl (C=O) groups is 1. The van der Waals surface area contributed by atoms with E-state index in [1.807, 2.05) is 32.0 Å². The highest BCUT2D eigenvalue weighted by Gasteiger charge is 2.13. The van der Waals surface area contributed by atoms with Crippen molar-refractivity contribution in [3.8, 4) is 0 Å². The van der Waals surface area contributed by atoms with E-state index in [-0.39, 0.29) is 5.78 Å². The number of nitrogen functional groups attached to an aromatic ring is 1. The maximum atomic E-state index is 12.4. The van der Waals surface area contributed by atoms with Crippen LogP contribution in [-0.2, 0) is 0 Å². The second-order valence-corrected chi connectivity index (χ2v) is 4.85. The van der Waals surface area contributed by atoms with Gasteiger partial charge in [0.2, 0.25) is 0 Å². The number of hydrogen-bond acceptors (Lipinski definition) is 2. The fourth-order valence-corrected chi connectivity index (χ4v) is 2.25. The molecule has 2 N–H and O–H groups in total. The molecule has 0 amide bonds. The lowest BCUT2D eigenvalue weighted by molar-refractivity contribution is 0.103. The zero-order valence-corrected chi connectivity index (χ0v) is 11.1. The van der Waals surface area contributed by atoms with Crippen molar-refractivity contribution in [2.75, 3.05) is 5.73 Å². The second-order valence-electron chi connectivity index (χ2n) is 4.44. The average molecular weight is 260 g/mol. The summed E-state index contributed by atoms with van der Waals surface area (Å²) < 4.78 is 0. The standard InChI is InChI=1S/C15H14ClNO/c1-9-5-10(2)7-11(6-9)15(18)13-4-3-12(17)8-14(13)16/h3-8H,17H2,1-2H3. The van der Waals surface area contributed by atoms with E-state index in [1.54, 1.807) is 18.2 Å². The molecule has 0 bridgehead atoms. The summed E-state index contributed by atoms with van der Waals surface area (Å²) in [6, 6.07) is 10.7.